The number of hydrogen-bond donors (Lipinski definition) is 1. The number of nitrogens with zero attached hydrogens (tertiary/aromatic N) is 1. The molecule has 0 radical (unpaired) electrons. The molecule has 1 amide bonds. The Labute approximate surface area is 123 Å². The summed E-state index contributed by atoms with van der Waals surface area (Å²) >= 11 is 3.52. The Morgan fingerprint density at radius 3 is 2.74 bits per heavy atom. The molecule has 2 N–H and O–H groups in total. The second-order valence-corrected chi connectivity index (χ2v) is 6.04. The van der Waals surface area contributed by atoms with Gasteiger partial charge in [-0.1, -0.05) is 12.1 Å². The quantitative estimate of drug-likeness (QED) is 0.929. The fourth-order valence-corrected chi connectivity index (χ4v) is 3.08. The highest BCUT2D eigenvalue weighted by Crippen LogP contribution is 2.25. The standard InChI is InChI=1S/C15H21BrN2O/c1-11-3-2-4-13(14(11)16)15(19)18-9-6-12(5-8-17)7-10-18/h2-4,12H,5-10,17H2,1H3. The first kappa shape index (κ1) is 14.5. The van der Waals surface area contributed by atoms with Crippen molar-refractivity contribution in [2.24, 2.45) is 11.7 Å². The predicted molar refractivity (Wildman–Crippen MR) is 81.2 cm³/mol. The molecule has 3 nitrogen and oxygen atoms in total. The van der Waals surface area contributed by atoms with E-state index in [9.17, 15) is 4.79 Å². The molecule has 1 saturated heterocycles. The van der Waals surface area contributed by atoms with Gasteiger partial charge in [0.1, 0.15) is 0 Å². The van der Waals surface area contributed by atoms with Crippen molar-refractivity contribution in [1.82, 2.24) is 4.90 Å². The van der Waals surface area contributed by atoms with Crippen LogP contribution in [0, 0.1) is 12.8 Å². The summed E-state index contributed by atoms with van der Waals surface area (Å²) in [7, 11) is 0. The highest BCUT2D eigenvalue weighted by Gasteiger charge is 2.24. The van der Waals surface area contributed by atoms with Gasteiger partial charge >= 0.3 is 0 Å². The predicted octanol–water partition coefficient (Wildman–Crippen LogP) is 2.96. The highest BCUT2D eigenvalue weighted by atomic mass is 79.9. The Bertz CT molecular complexity index is 453. The lowest BCUT2D eigenvalue weighted by atomic mass is 9.93. The first-order chi connectivity index (χ1) is 9.13. The summed E-state index contributed by atoms with van der Waals surface area (Å²) in [4.78, 5) is 14.5. The number of benzene rings is 1. The molecule has 0 saturated carbocycles. The second kappa shape index (κ2) is 6.53. The van der Waals surface area contributed by atoms with Gasteiger partial charge < -0.3 is 10.6 Å². The molecule has 1 aromatic rings. The number of carbonyl (C=O) groups excluding carboxylic acids is 1. The topological polar surface area (TPSA) is 46.3 Å². The van der Waals surface area contributed by atoms with Gasteiger partial charge in [0.2, 0.25) is 0 Å². The molecule has 1 aliphatic heterocycles. The molecule has 1 aromatic carbocycles. The van der Waals surface area contributed by atoms with Crippen LogP contribution in [0.25, 0.3) is 0 Å². The van der Waals surface area contributed by atoms with Crippen LogP contribution in [0.5, 0.6) is 0 Å². The van der Waals surface area contributed by atoms with E-state index in [0.29, 0.717) is 5.92 Å². The minimum atomic E-state index is 0.141. The zero-order chi connectivity index (χ0) is 13.8. The Hall–Kier alpha value is -0.870. The Morgan fingerprint density at radius 1 is 1.42 bits per heavy atom. The van der Waals surface area contributed by atoms with E-state index in [-0.39, 0.29) is 5.91 Å². The molecule has 19 heavy (non-hydrogen) atoms. The molecule has 1 fully saturated rings. The van der Waals surface area contributed by atoms with Crippen LogP contribution in [0.3, 0.4) is 0 Å². The third-order valence-electron chi connectivity index (χ3n) is 3.90. The van der Waals surface area contributed by atoms with E-state index in [0.717, 1.165) is 54.5 Å². The van der Waals surface area contributed by atoms with Crippen molar-refractivity contribution in [3.05, 3.63) is 33.8 Å². The van der Waals surface area contributed by atoms with Gasteiger partial charge in [-0.2, -0.15) is 0 Å². The summed E-state index contributed by atoms with van der Waals surface area (Å²) < 4.78 is 0.920. The Balaban J connectivity index is 2.03. The SMILES string of the molecule is Cc1cccc(C(=O)N2CCC(CCN)CC2)c1Br. The molecule has 0 aliphatic carbocycles. The number of halogens is 1. The van der Waals surface area contributed by atoms with Crippen LogP contribution < -0.4 is 5.73 Å². The second-order valence-electron chi connectivity index (χ2n) is 5.25. The van der Waals surface area contributed by atoms with E-state index < -0.39 is 0 Å². The van der Waals surface area contributed by atoms with Crippen LogP contribution in [-0.2, 0) is 0 Å². The van der Waals surface area contributed by atoms with E-state index in [1.54, 1.807) is 0 Å². The number of likely N-dealkylation sites (tertiary alicyclic amines) is 1. The van der Waals surface area contributed by atoms with Crippen molar-refractivity contribution < 1.29 is 4.79 Å². The summed E-state index contributed by atoms with van der Waals surface area (Å²) in [6, 6.07) is 5.84. The Kier molecular flexibility index (Phi) is 4.99. The summed E-state index contributed by atoms with van der Waals surface area (Å²) in [5.41, 5.74) is 7.47. The smallest absolute Gasteiger partial charge is 0.255 e. The Morgan fingerprint density at radius 2 is 2.11 bits per heavy atom. The van der Waals surface area contributed by atoms with Crippen molar-refractivity contribution >= 4 is 21.8 Å². The van der Waals surface area contributed by atoms with E-state index in [2.05, 4.69) is 15.9 Å². The van der Waals surface area contributed by atoms with E-state index in [4.69, 9.17) is 5.73 Å². The number of piperidine rings is 1. The first-order valence-electron chi connectivity index (χ1n) is 6.88. The van der Waals surface area contributed by atoms with Crippen LogP contribution in [0.2, 0.25) is 0 Å². The monoisotopic (exact) mass is 324 g/mol. The maximum absolute atomic E-state index is 12.5. The lowest BCUT2D eigenvalue weighted by Gasteiger charge is -2.32. The van der Waals surface area contributed by atoms with Gasteiger partial charge in [-0.3, -0.25) is 4.79 Å². The fourth-order valence-electron chi connectivity index (χ4n) is 2.64. The zero-order valence-corrected chi connectivity index (χ0v) is 12.9. The third kappa shape index (κ3) is 3.37. The average Bonchev–Trinajstić information content (AvgIpc) is 2.42. The van der Waals surface area contributed by atoms with Gasteiger partial charge in [-0.25, -0.2) is 0 Å². The zero-order valence-electron chi connectivity index (χ0n) is 11.4. The van der Waals surface area contributed by atoms with E-state index >= 15 is 0 Å². The molecule has 1 aliphatic rings. The van der Waals surface area contributed by atoms with Crippen LogP contribution in [-0.4, -0.2) is 30.4 Å². The van der Waals surface area contributed by atoms with Crippen molar-refractivity contribution in [1.29, 1.82) is 0 Å². The minimum Gasteiger partial charge on any atom is -0.339 e. The molecule has 0 bridgehead atoms. The first-order valence-corrected chi connectivity index (χ1v) is 7.67. The van der Waals surface area contributed by atoms with Gasteiger partial charge in [-0.05, 0) is 66.2 Å². The van der Waals surface area contributed by atoms with Crippen molar-refractivity contribution in [3.63, 3.8) is 0 Å². The number of aryl methyl sites for hydroxylation is 1. The maximum Gasteiger partial charge on any atom is 0.255 e. The number of hydrogen-bond acceptors (Lipinski definition) is 2. The largest absolute Gasteiger partial charge is 0.339 e. The van der Waals surface area contributed by atoms with Crippen LogP contribution >= 0.6 is 15.9 Å². The minimum absolute atomic E-state index is 0.141. The molecule has 0 aromatic heterocycles. The number of rotatable bonds is 3. The van der Waals surface area contributed by atoms with Gasteiger partial charge in [-0.15, -0.1) is 0 Å². The molecule has 104 valence electrons. The highest BCUT2D eigenvalue weighted by molar-refractivity contribution is 9.10. The van der Waals surface area contributed by atoms with Crippen molar-refractivity contribution in [3.8, 4) is 0 Å². The van der Waals surface area contributed by atoms with Gasteiger partial charge in [0, 0.05) is 17.6 Å². The molecule has 2 rings (SSSR count). The summed E-state index contributed by atoms with van der Waals surface area (Å²) in [6.45, 7) is 4.46. The molecular weight excluding hydrogens is 304 g/mol. The lowest BCUT2D eigenvalue weighted by molar-refractivity contribution is 0.0687. The van der Waals surface area contributed by atoms with Gasteiger partial charge in [0.25, 0.3) is 5.91 Å². The van der Waals surface area contributed by atoms with Crippen molar-refractivity contribution in [2.45, 2.75) is 26.2 Å². The summed E-state index contributed by atoms with van der Waals surface area (Å²) in [6.07, 6.45) is 3.23. The number of amides is 1. The average molecular weight is 325 g/mol. The normalized spacial score (nSPS) is 16.7. The molecule has 0 unspecified atom stereocenters. The fraction of sp³-hybridized carbons (Fsp3) is 0.533. The van der Waals surface area contributed by atoms with Gasteiger partial charge in [0.05, 0.1) is 5.56 Å². The number of carbonyl (C=O) groups is 1. The van der Waals surface area contributed by atoms with E-state index in [1.807, 2.05) is 30.0 Å². The summed E-state index contributed by atoms with van der Waals surface area (Å²) in [5, 5.41) is 0. The van der Waals surface area contributed by atoms with Crippen LogP contribution in [0.15, 0.2) is 22.7 Å². The summed E-state index contributed by atoms with van der Waals surface area (Å²) in [5.74, 6) is 0.830. The maximum atomic E-state index is 12.5. The van der Waals surface area contributed by atoms with Crippen LogP contribution in [0.4, 0.5) is 0 Å². The van der Waals surface area contributed by atoms with Gasteiger partial charge in [0.15, 0.2) is 0 Å². The molecule has 4 heteroatoms. The molecule has 0 atom stereocenters. The van der Waals surface area contributed by atoms with E-state index in [1.165, 1.54) is 0 Å². The molecule has 0 spiro atoms. The lowest BCUT2D eigenvalue weighted by Crippen LogP contribution is -2.39. The molecule has 1 heterocycles. The number of nitrogens with two attached hydrogens (primary N) is 1. The van der Waals surface area contributed by atoms with Crippen molar-refractivity contribution in [2.75, 3.05) is 19.6 Å². The van der Waals surface area contributed by atoms with Crippen LogP contribution in [0.1, 0.15) is 35.2 Å². The molecular formula is C15H21BrN2O. The third-order valence-corrected chi connectivity index (χ3v) is 4.95.